The molecule has 0 aromatic heterocycles. The first-order valence-corrected chi connectivity index (χ1v) is 26.9. The Balaban J connectivity index is 0.858. The van der Waals surface area contributed by atoms with Crippen LogP contribution in [0.25, 0.3) is 0 Å². The van der Waals surface area contributed by atoms with E-state index in [4.69, 9.17) is 42.6 Å². The van der Waals surface area contributed by atoms with Crippen molar-refractivity contribution >= 4 is 0 Å². The third-order valence-electron chi connectivity index (χ3n) is 19.7. The minimum Gasteiger partial charge on any atom is -0.394 e. The standard InChI is InChI=1S/C51H84O23/c1-20(19-66-44-38(60)37(59)34(56)29(17-52)70-44)9-14-50(64)23(4)51(65)31(74-50)16-28-26-8-7-24-15-25(10-12-48(24,5)27(26)11-13-49(28,51)6)69-47-43(73-46-40(62)36(58)33(55)22(3)68-46)41(63)42(30(18-53)71-47)72-45-39(61)35(57)32(54)21(2)67-45/h7,20-23,25-47,52-65H,8-19H2,1-6H3/t20-,21+,22+,23-,25+,26-,27+,28+,29+,30-,31+,32+,33+,34+,35-,36-,37-,38+,39-,40-,41+,42-,43-,44+,45+,46+,47-,48+,49+,50-,51-/m1/s1. The number of aliphatic hydroxyl groups excluding tert-OH is 12. The van der Waals surface area contributed by atoms with Crippen molar-refractivity contribution in [2.75, 3.05) is 19.8 Å². The number of rotatable bonds is 14. The molecule has 74 heavy (non-hydrogen) atoms. The van der Waals surface area contributed by atoms with Crippen LogP contribution in [-0.2, 0) is 42.6 Å². The van der Waals surface area contributed by atoms with Gasteiger partial charge in [-0.05, 0) is 94.3 Å². The molecule has 8 fully saturated rings. The summed E-state index contributed by atoms with van der Waals surface area (Å²) in [5.74, 6) is -1.85. The van der Waals surface area contributed by atoms with Crippen molar-refractivity contribution in [2.45, 2.75) is 246 Å². The molecule has 0 bridgehead atoms. The average Bonchev–Trinajstić information content (AvgIpc) is 3.75. The van der Waals surface area contributed by atoms with Crippen LogP contribution < -0.4 is 0 Å². The number of allylic oxidation sites excluding steroid dienone is 1. The van der Waals surface area contributed by atoms with Gasteiger partial charge in [-0.3, -0.25) is 0 Å². The monoisotopic (exact) mass is 1060 g/mol. The third-order valence-corrected chi connectivity index (χ3v) is 19.7. The summed E-state index contributed by atoms with van der Waals surface area (Å²) < 4.78 is 54.3. The van der Waals surface area contributed by atoms with E-state index in [1.807, 2.05) is 13.8 Å². The molecule has 0 aromatic rings. The van der Waals surface area contributed by atoms with Crippen LogP contribution in [0.4, 0.5) is 0 Å². The first-order valence-electron chi connectivity index (χ1n) is 26.9. The van der Waals surface area contributed by atoms with Gasteiger partial charge in [0.2, 0.25) is 0 Å². The number of aliphatic hydroxyl groups is 14. The lowest BCUT2D eigenvalue weighted by Gasteiger charge is -2.59. The Morgan fingerprint density at radius 3 is 1.84 bits per heavy atom. The molecular formula is C51H84O23. The highest BCUT2D eigenvalue weighted by Crippen LogP contribution is 2.71. The lowest BCUT2D eigenvalue weighted by atomic mass is 9.46. The summed E-state index contributed by atoms with van der Waals surface area (Å²) in [5.41, 5.74) is -0.916. The molecular weight excluding hydrogens is 981 g/mol. The number of ether oxygens (including phenoxy) is 9. The Kier molecular flexibility index (Phi) is 16.9. The first-order chi connectivity index (χ1) is 34.8. The highest BCUT2D eigenvalue weighted by atomic mass is 16.8. The van der Waals surface area contributed by atoms with Gasteiger partial charge in [0.15, 0.2) is 30.9 Å². The van der Waals surface area contributed by atoms with Crippen molar-refractivity contribution < 1.29 is 114 Å². The second-order valence-corrected chi connectivity index (χ2v) is 23.9. The van der Waals surface area contributed by atoms with E-state index in [0.717, 1.165) is 19.3 Å². The molecule has 4 aliphatic carbocycles. The molecule has 0 aromatic carbocycles. The molecule has 426 valence electrons. The molecule has 5 aliphatic heterocycles. The predicted octanol–water partition coefficient (Wildman–Crippen LogP) is -2.86. The average molecular weight is 1070 g/mol. The summed E-state index contributed by atoms with van der Waals surface area (Å²) in [7, 11) is 0. The van der Waals surface area contributed by atoms with Crippen LogP contribution in [0, 0.1) is 40.4 Å². The Morgan fingerprint density at radius 1 is 0.635 bits per heavy atom. The van der Waals surface area contributed by atoms with Crippen LogP contribution in [0.3, 0.4) is 0 Å². The van der Waals surface area contributed by atoms with Crippen LogP contribution in [0.1, 0.15) is 99.3 Å². The maximum absolute atomic E-state index is 12.9. The van der Waals surface area contributed by atoms with Gasteiger partial charge in [-0.1, -0.05) is 39.3 Å². The molecule has 31 atom stereocenters. The molecule has 0 amide bonds. The van der Waals surface area contributed by atoms with E-state index in [0.29, 0.717) is 32.1 Å². The van der Waals surface area contributed by atoms with Crippen LogP contribution >= 0.6 is 0 Å². The van der Waals surface area contributed by atoms with Gasteiger partial charge in [0.1, 0.15) is 91.1 Å². The second kappa shape index (κ2) is 21.7. The minimum atomic E-state index is -1.77. The fraction of sp³-hybridized carbons (Fsp3) is 0.961. The molecule has 0 unspecified atom stereocenters. The van der Waals surface area contributed by atoms with Gasteiger partial charge in [-0.25, -0.2) is 0 Å². The molecule has 5 heterocycles. The van der Waals surface area contributed by atoms with Crippen LogP contribution in [0.15, 0.2) is 11.6 Å². The quantitative estimate of drug-likeness (QED) is 0.0778. The fourth-order valence-electron chi connectivity index (χ4n) is 14.9. The topological polar surface area (TPSA) is 366 Å². The summed E-state index contributed by atoms with van der Waals surface area (Å²) in [6.45, 7) is 9.93. The van der Waals surface area contributed by atoms with Crippen LogP contribution in [-0.4, -0.2) is 238 Å². The molecule has 3 saturated carbocycles. The zero-order valence-corrected chi connectivity index (χ0v) is 43.1. The second-order valence-electron chi connectivity index (χ2n) is 23.9. The van der Waals surface area contributed by atoms with Gasteiger partial charge in [-0.15, -0.1) is 0 Å². The van der Waals surface area contributed by atoms with Crippen LogP contribution in [0.2, 0.25) is 0 Å². The molecule has 14 N–H and O–H groups in total. The number of hydrogen-bond acceptors (Lipinski definition) is 23. The normalized spacial score (nSPS) is 55.9. The maximum Gasteiger partial charge on any atom is 0.187 e. The van der Waals surface area contributed by atoms with E-state index in [1.165, 1.54) is 19.4 Å². The number of fused-ring (bicyclic) bond motifs is 7. The van der Waals surface area contributed by atoms with Crippen molar-refractivity contribution in [1.29, 1.82) is 0 Å². The highest BCUT2D eigenvalue weighted by Gasteiger charge is 2.75. The van der Waals surface area contributed by atoms with Crippen molar-refractivity contribution in [3.8, 4) is 0 Å². The lowest BCUT2D eigenvalue weighted by Crippen LogP contribution is -2.66. The lowest BCUT2D eigenvalue weighted by molar-refractivity contribution is -0.388. The Bertz CT molecular complexity index is 1950. The molecule has 23 heteroatoms. The number of hydrogen-bond donors (Lipinski definition) is 14. The summed E-state index contributed by atoms with van der Waals surface area (Å²) >= 11 is 0. The summed E-state index contributed by atoms with van der Waals surface area (Å²) in [5, 5.41) is 152. The van der Waals surface area contributed by atoms with Crippen LogP contribution in [0.5, 0.6) is 0 Å². The van der Waals surface area contributed by atoms with Gasteiger partial charge >= 0.3 is 0 Å². The summed E-state index contributed by atoms with van der Waals surface area (Å²) in [6, 6.07) is 0. The molecule has 5 saturated heterocycles. The first kappa shape index (κ1) is 57.5. The van der Waals surface area contributed by atoms with E-state index in [2.05, 4.69) is 19.9 Å². The van der Waals surface area contributed by atoms with E-state index in [-0.39, 0.29) is 42.1 Å². The molecule has 9 rings (SSSR count). The smallest absolute Gasteiger partial charge is 0.187 e. The Morgan fingerprint density at radius 2 is 1.22 bits per heavy atom. The van der Waals surface area contributed by atoms with Gasteiger partial charge in [-0.2, -0.15) is 0 Å². The summed E-state index contributed by atoms with van der Waals surface area (Å²) in [4.78, 5) is 0. The van der Waals surface area contributed by atoms with Gasteiger partial charge < -0.3 is 114 Å². The van der Waals surface area contributed by atoms with E-state index in [1.54, 1.807) is 0 Å². The van der Waals surface area contributed by atoms with Crippen molar-refractivity contribution in [2.24, 2.45) is 40.4 Å². The zero-order valence-electron chi connectivity index (χ0n) is 43.1. The highest BCUT2D eigenvalue weighted by molar-refractivity contribution is 5.29. The van der Waals surface area contributed by atoms with Crippen molar-refractivity contribution in [3.63, 3.8) is 0 Å². The zero-order chi connectivity index (χ0) is 53.7. The van der Waals surface area contributed by atoms with Crippen molar-refractivity contribution in [3.05, 3.63) is 11.6 Å². The minimum absolute atomic E-state index is 0.0822. The summed E-state index contributed by atoms with van der Waals surface area (Å²) in [6.07, 6.45) is -22.8. The molecule has 0 spiro atoms. The fourth-order valence-corrected chi connectivity index (χ4v) is 14.9. The molecule has 9 aliphatic rings. The molecule has 23 nitrogen and oxygen atoms in total. The predicted molar refractivity (Wildman–Crippen MR) is 250 cm³/mol. The van der Waals surface area contributed by atoms with Gasteiger partial charge in [0.05, 0.1) is 44.2 Å². The van der Waals surface area contributed by atoms with E-state index in [9.17, 15) is 71.5 Å². The van der Waals surface area contributed by atoms with Gasteiger partial charge in [0, 0.05) is 17.8 Å². The SMILES string of the molecule is C[C@H](CC[C@@]1(O)O[C@H]2C[C@H]3[C@@H]4CC=C5C[C@@H](O[C@@H]6O[C@H](CO)[C@@H](O[C@@H]7O[C@@H](C)[C@H](O)[C@@H](O)[C@H]7O)[C@H](O)[C@H]6O[C@@H]6O[C@@H](C)[C@H](O)[C@@H](O)[C@H]6O)CC[C@]5(C)[C@H]4CC[C@]3(C)[C@@]2(O)[C@@H]1C)CO[C@H]1O[C@@H](CO)[C@H](O)[C@@H](O)[C@@H]1O. The van der Waals surface area contributed by atoms with Gasteiger partial charge in [0.25, 0.3) is 0 Å². The molecule has 0 radical (unpaired) electrons. The largest absolute Gasteiger partial charge is 0.394 e. The van der Waals surface area contributed by atoms with E-state index >= 15 is 0 Å². The maximum atomic E-state index is 12.9. The Labute approximate surface area is 430 Å². The Hall–Kier alpha value is -1.18. The van der Waals surface area contributed by atoms with Crippen molar-refractivity contribution in [1.82, 2.24) is 0 Å². The third kappa shape index (κ3) is 9.68. The van der Waals surface area contributed by atoms with E-state index < -0.39 is 171 Å².